The van der Waals surface area contributed by atoms with E-state index in [4.69, 9.17) is 5.73 Å². The molecule has 1 unspecified atom stereocenters. The van der Waals surface area contributed by atoms with E-state index >= 15 is 0 Å². The molecule has 2 heterocycles. The van der Waals surface area contributed by atoms with Gasteiger partial charge in [-0.2, -0.15) is 0 Å². The van der Waals surface area contributed by atoms with E-state index < -0.39 is 0 Å². The van der Waals surface area contributed by atoms with Crippen LogP contribution >= 0.6 is 11.3 Å². The molecule has 0 bridgehead atoms. The van der Waals surface area contributed by atoms with Gasteiger partial charge in [-0.3, -0.25) is 9.78 Å². The lowest BCUT2D eigenvalue weighted by molar-refractivity contribution is 0.102. The molecule has 1 atom stereocenters. The van der Waals surface area contributed by atoms with Gasteiger partial charge in [0.05, 0.1) is 11.7 Å². The normalized spacial score (nSPS) is 12.3. The van der Waals surface area contributed by atoms with Gasteiger partial charge in [-0.25, -0.2) is 4.98 Å². The number of fused-ring (bicyclic) bond motifs is 1. The van der Waals surface area contributed by atoms with Crippen molar-refractivity contribution < 1.29 is 4.79 Å². The van der Waals surface area contributed by atoms with Crippen molar-refractivity contribution in [3.63, 3.8) is 0 Å². The molecule has 3 N–H and O–H groups in total. The maximum absolute atomic E-state index is 12.3. The highest BCUT2D eigenvalue weighted by atomic mass is 32.1. The Hall–Kier alpha value is -2.31. The van der Waals surface area contributed by atoms with Crippen LogP contribution in [0, 0.1) is 0 Å². The molecule has 0 radical (unpaired) electrons. The molecule has 1 aromatic carbocycles. The SMILES string of the molecule is CC(N)c1nc(C(=O)Nc2cccc3ccncc23)cs1. The standard InChI is InChI=1S/C15H14N4OS/c1-9(16)15-19-13(8-21-15)14(20)18-12-4-2-3-10-5-6-17-7-11(10)12/h2-9H,16H2,1H3,(H,18,20). The highest BCUT2D eigenvalue weighted by Gasteiger charge is 2.13. The molecule has 2 aromatic heterocycles. The third kappa shape index (κ3) is 2.76. The van der Waals surface area contributed by atoms with E-state index in [0.29, 0.717) is 5.69 Å². The molecule has 0 saturated heterocycles. The number of hydrogen-bond acceptors (Lipinski definition) is 5. The third-order valence-electron chi connectivity index (χ3n) is 3.08. The Morgan fingerprint density at radius 3 is 3.00 bits per heavy atom. The van der Waals surface area contributed by atoms with Gasteiger partial charge in [0, 0.05) is 23.2 Å². The molecule has 106 valence electrons. The fourth-order valence-corrected chi connectivity index (χ4v) is 2.77. The van der Waals surface area contributed by atoms with Gasteiger partial charge in [0.1, 0.15) is 10.7 Å². The van der Waals surface area contributed by atoms with Crippen molar-refractivity contribution >= 4 is 33.7 Å². The molecular formula is C15H14N4OS. The second-order valence-corrected chi connectivity index (χ2v) is 5.61. The predicted molar refractivity (Wildman–Crippen MR) is 84.4 cm³/mol. The molecule has 0 saturated carbocycles. The number of benzene rings is 1. The molecule has 0 spiro atoms. The summed E-state index contributed by atoms with van der Waals surface area (Å²) < 4.78 is 0. The first-order valence-electron chi connectivity index (χ1n) is 6.50. The molecule has 0 aliphatic heterocycles. The van der Waals surface area contributed by atoms with E-state index in [1.54, 1.807) is 17.8 Å². The molecule has 6 heteroatoms. The van der Waals surface area contributed by atoms with Crippen molar-refractivity contribution in [1.82, 2.24) is 9.97 Å². The van der Waals surface area contributed by atoms with Crippen LogP contribution in [0.5, 0.6) is 0 Å². The van der Waals surface area contributed by atoms with Gasteiger partial charge in [0.15, 0.2) is 0 Å². The van der Waals surface area contributed by atoms with Gasteiger partial charge in [-0.05, 0) is 24.4 Å². The van der Waals surface area contributed by atoms with Crippen molar-refractivity contribution in [3.8, 4) is 0 Å². The van der Waals surface area contributed by atoms with Gasteiger partial charge in [0.25, 0.3) is 5.91 Å². The van der Waals surface area contributed by atoms with Crippen LogP contribution in [-0.2, 0) is 0 Å². The minimum absolute atomic E-state index is 0.168. The first-order chi connectivity index (χ1) is 10.1. The minimum Gasteiger partial charge on any atom is -0.322 e. The number of nitrogens with zero attached hydrogens (tertiary/aromatic N) is 2. The Labute approximate surface area is 125 Å². The summed E-state index contributed by atoms with van der Waals surface area (Å²) in [5.74, 6) is -0.241. The second kappa shape index (κ2) is 5.59. The van der Waals surface area contributed by atoms with Crippen LogP contribution in [-0.4, -0.2) is 15.9 Å². The average molecular weight is 298 g/mol. The predicted octanol–water partition coefficient (Wildman–Crippen LogP) is 2.96. The molecule has 3 aromatic rings. The van der Waals surface area contributed by atoms with Gasteiger partial charge < -0.3 is 11.1 Å². The van der Waals surface area contributed by atoms with Crippen molar-refractivity contribution in [1.29, 1.82) is 0 Å². The first kappa shape index (κ1) is 13.7. The van der Waals surface area contributed by atoms with Crippen LogP contribution < -0.4 is 11.1 Å². The molecule has 3 rings (SSSR count). The Morgan fingerprint density at radius 2 is 2.24 bits per heavy atom. The van der Waals surface area contributed by atoms with E-state index in [-0.39, 0.29) is 11.9 Å². The highest BCUT2D eigenvalue weighted by Crippen LogP contribution is 2.23. The summed E-state index contributed by atoms with van der Waals surface area (Å²) >= 11 is 1.39. The lowest BCUT2D eigenvalue weighted by atomic mass is 10.1. The van der Waals surface area contributed by atoms with E-state index in [1.807, 2.05) is 31.2 Å². The van der Waals surface area contributed by atoms with Crippen LogP contribution in [0.15, 0.2) is 42.0 Å². The lowest BCUT2D eigenvalue weighted by Crippen LogP contribution is -2.13. The van der Waals surface area contributed by atoms with Crippen molar-refractivity contribution in [2.75, 3.05) is 5.32 Å². The zero-order valence-electron chi connectivity index (χ0n) is 11.4. The number of carbonyl (C=O) groups is 1. The van der Waals surface area contributed by atoms with Gasteiger partial charge in [0.2, 0.25) is 0 Å². The van der Waals surface area contributed by atoms with Crippen molar-refractivity contribution in [2.24, 2.45) is 5.73 Å². The summed E-state index contributed by atoms with van der Waals surface area (Å²) in [6.07, 6.45) is 3.46. The number of aromatic nitrogens is 2. The Balaban J connectivity index is 1.89. The monoisotopic (exact) mass is 298 g/mol. The van der Waals surface area contributed by atoms with E-state index in [2.05, 4.69) is 15.3 Å². The van der Waals surface area contributed by atoms with Crippen LogP contribution in [0.3, 0.4) is 0 Å². The quantitative estimate of drug-likeness (QED) is 0.779. The van der Waals surface area contributed by atoms with Crippen LogP contribution in [0.1, 0.15) is 28.5 Å². The maximum Gasteiger partial charge on any atom is 0.275 e. The van der Waals surface area contributed by atoms with Crippen molar-refractivity contribution in [2.45, 2.75) is 13.0 Å². The number of nitrogens with two attached hydrogens (primary N) is 1. The maximum atomic E-state index is 12.3. The average Bonchev–Trinajstić information content (AvgIpc) is 2.98. The Morgan fingerprint density at radius 1 is 1.38 bits per heavy atom. The van der Waals surface area contributed by atoms with E-state index in [1.165, 1.54) is 11.3 Å². The molecule has 0 aliphatic rings. The summed E-state index contributed by atoms with van der Waals surface area (Å²) in [6.45, 7) is 1.84. The Kier molecular flexibility index (Phi) is 3.64. The topological polar surface area (TPSA) is 80.9 Å². The molecule has 21 heavy (non-hydrogen) atoms. The summed E-state index contributed by atoms with van der Waals surface area (Å²) in [7, 11) is 0. The molecular weight excluding hydrogens is 284 g/mol. The zero-order valence-corrected chi connectivity index (χ0v) is 12.2. The Bertz CT molecular complexity index is 792. The van der Waals surface area contributed by atoms with E-state index in [0.717, 1.165) is 21.5 Å². The van der Waals surface area contributed by atoms with Gasteiger partial charge in [-0.1, -0.05) is 12.1 Å². The number of rotatable bonds is 3. The fraction of sp³-hybridized carbons (Fsp3) is 0.133. The number of nitrogens with one attached hydrogen (secondary N) is 1. The van der Waals surface area contributed by atoms with E-state index in [9.17, 15) is 4.79 Å². The van der Waals surface area contributed by atoms with Gasteiger partial charge in [-0.15, -0.1) is 11.3 Å². The highest BCUT2D eigenvalue weighted by molar-refractivity contribution is 7.09. The largest absolute Gasteiger partial charge is 0.322 e. The number of pyridine rings is 1. The summed E-state index contributed by atoms with van der Waals surface area (Å²) in [5, 5.41) is 7.27. The minimum atomic E-state index is -0.241. The smallest absolute Gasteiger partial charge is 0.275 e. The number of hydrogen-bond donors (Lipinski definition) is 2. The number of thiazole rings is 1. The van der Waals surface area contributed by atoms with Gasteiger partial charge >= 0.3 is 0 Å². The van der Waals surface area contributed by atoms with Crippen LogP contribution in [0.4, 0.5) is 5.69 Å². The zero-order chi connectivity index (χ0) is 14.8. The molecule has 5 nitrogen and oxygen atoms in total. The molecule has 0 fully saturated rings. The van der Waals surface area contributed by atoms with Crippen LogP contribution in [0.2, 0.25) is 0 Å². The second-order valence-electron chi connectivity index (χ2n) is 4.72. The number of amides is 1. The fourth-order valence-electron chi connectivity index (χ4n) is 2.01. The first-order valence-corrected chi connectivity index (χ1v) is 7.38. The third-order valence-corrected chi connectivity index (χ3v) is 4.12. The summed E-state index contributed by atoms with van der Waals surface area (Å²) in [5.41, 5.74) is 6.87. The molecule has 1 amide bonds. The lowest BCUT2D eigenvalue weighted by Gasteiger charge is -2.07. The van der Waals surface area contributed by atoms with Crippen LogP contribution in [0.25, 0.3) is 10.8 Å². The number of carbonyl (C=O) groups excluding carboxylic acids is 1. The summed E-state index contributed by atoms with van der Waals surface area (Å²) in [6, 6.07) is 7.46. The molecule has 0 aliphatic carbocycles. The van der Waals surface area contributed by atoms with Crippen molar-refractivity contribution in [3.05, 3.63) is 52.7 Å². The summed E-state index contributed by atoms with van der Waals surface area (Å²) in [4.78, 5) is 20.6. The number of anilines is 1.